The number of rotatable bonds is 5. The quantitative estimate of drug-likeness (QED) is 0.753. The van der Waals surface area contributed by atoms with E-state index in [1.165, 1.54) is 19.2 Å². The standard InChI is InChI=1S/C15H22N2O5S2.ClH/c1-22-14-6-5-13(23(2,18)19)9-15(14)24(20,21)17-12-7-10-3-4-11(8-12)16-10;/h5-6,9-12,16-17H,3-4,7-8H2,1-2H3;1H. The van der Waals surface area contributed by atoms with E-state index in [0.29, 0.717) is 12.1 Å². The molecule has 0 amide bonds. The van der Waals surface area contributed by atoms with E-state index in [2.05, 4.69) is 10.0 Å². The van der Waals surface area contributed by atoms with E-state index >= 15 is 0 Å². The number of sulfone groups is 1. The Bertz CT molecular complexity index is 829. The van der Waals surface area contributed by atoms with E-state index in [0.717, 1.165) is 38.0 Å². The molecule has 0 radical (unpaired) electrons. The number of piperidine rings is 1. The van der Waals surface area contributed by atoms with Crippen LogP contribution in [0, 0.1) is 0 Å². The van der Waals surface area contributed by atoms with Crippen LogP contribution in [0.5, 0.6) is 5.75 Å². The number of hydrogen-bond donors (Lipinski definition) is 2. The lowest BCUT2D eigenvalue weighted by Gasteiger charge is -2.29. The van der Waals surface area contributed by atoms with Crippen molar-refractivity contribution < 1.29 is 21.6 Å². The fourth-order valence-corrected chi connectivity index (χ4v) is 5.71. The second-order valence-electron chi connectivity index (χ2n) is 6.51. The summed E-state index contributed by atoms with van der Waals surface area (Å²) in [5.74, 6) is 0.131. The van der Waals surface area contributed by atoms with Crippen molar-refractivity contribution in [2.75, 3.05) is 13.4 Å². The van der Waals surface area contributed by atoms with Gasteiger partial charge in [-0.25, -0.2) is 21.6 Å². The maximum Gasteiger partial charge on any atom is 0.244 e. The van der Waals surface area contributed by atoms with Crippen LogP contribution in [0.1, 0.15) is 25.7 Å². The summed E-state index contributed by atoms with van der Waals surface area (Å²) in [6, 6.07) is 4.42. The maximum atomic E-state index is 12.8. The van der Waals surface area contributed by atoms with Gasteiger partial charge in [-0.3, -0.25) is 0 Å². The van der Waals surface area contributed by atoms with Gasteiger partial charge < -0.3 is 10.1 Å². The van der Waals surface area contributed by atoms with Gasteiger partial charge in [-0.1, -0.05) is 0 Å². The molecule has 3 rings (SSSR count). The highest BCUT2D eigenvalue weighted by Crippen LogP contribution is 2.30. The van der Waals surface area contributed by atoms with Gasteiger partial charge in [-0.2, -0.15) is 0 Å². The summed E-state index contributed by atoms with van der Waals surface area (Å²) in [7, 11) is -6.02. The summed E-state index contributed by atoms with van der Waals surface area (Å²) in [6.45, 7) is 0. The highest BCUT2D eigenvalue weighted by Gasteiger charge is 2.36. The molecular weight excluding hydrogens is 388 g/mol. The molecule has 1 aromatic rings. The van der Waals surface area contributed by atoms with E-state index in [-0.39, 0.29) is 34.0 Å². The zero-order valence-electron chi connectivity index (χ0n) is 14.1. The molecule has 0 aliphatic carbocycles. The van der Waals surface area contributed by atoms with Gasteiger partial charge in [0.1, 0.15) is 10.6 Å². The number of benzene rings is 1. The molecule has 2 bridgehead atoms. The van der Waals surface area contributed by atoms with Gasteiger partial charge in [0.2, 0.25) is 10.0 Å². The fourth-order valence-electron chi connectivity index (χ4n) is 3.53. The molecule has 2 fully saturated rings. The number of ether oxygens (including phenoxy) is 1. The number of nitrogens with one attached hydrogen (secondary N) is 2. The van der Waals surface area contributed by atoms with Crippen LogP contribution >= 0.6 is 12.4 Å². The summed E-state index contributed by atoms with van der Waals surface area (Å²) in [5.41, 5.74) is 0. The van der Waals surface area contributed by atoms with Gasteiger partial charge in [-0.15, -0.1) is 12.4 Å². The summed E-state index contributed by atoms with van der Waals surface area (Å²) < 4.78 is 56.9. The molecule has 2 N–H and O–H groups in total. The molecular formula is C15H23ClN2O5S2. The molecule has 2 atom stereocenters. The van der Waals surface area contributed by atoms with E-state index < -0.39 is 19.9 Å². The Morgan fingerprint density at radius 1 is 1.12 bits per heavy atom. The Labute approximate surface area is 154 Å². The first kappa shape index (κ1) is 20.4. The maximum absolute atomic E-state index is 12.8. The normalized spacial score (nSPS) is 26.1. The van der Waals surface area contributed by atoms with Gasteiger partial charge in [0.15, 0.2) is 9.84 Å². The molecule has 2 saturated heterocycles. The molecule has 142 valence electrons. The highest BCUT2D eigenvalue weighted by molar-refractivity contribution is 7.91. The van der Waals surface area contributed by atoms with Gasteiger partial charge in [0.25, 0.3) is 0 Å². The molecule has 2 aliphatic rings. The number of fused-ring (bicyclic) bond motifs is 2. The summed E-state index contributed by atoms with van der Waals surface area (Å²) in [4.78, 5) is -0.187. The van der Waals surface area contributed by atoms with Crippen molar-refractivity contribution in [1.82, 2.24) is 10.0 Å². The average molecular weight is 411 g/mol. The van der Waals surface area contributed by atoms with Crippen LogP contribution in [0.15, 0.2) is 28.0 Å². The molecule has 0 aromatic heterocycles. The first-order valence-electron chi connectivity index (χ1n) is 7.85. The molecule has 10 heteroatoms. The largest absolute Gasteiger partial charge is 0.495 e. The Balaban J connectivity index is 0.00000225. The Morgan fingerprint density at radius 2 is 1.72 bits per heavy atom. The van der Waals surface area contributed by atoms with E-state index in [4.69, 9.17) is 4.74 Å². The van der Waals surface area contributed by atoms with E-state index in [1.807, 2.05) is 0 Å². The van der Waals surface area contributed by atoms with E-state index in [1.54, 1.807) is 0 Å². The van der Waals surface area contributed by atoms with Gasteiger partial charge in [-0.05, 0) is 43.9 Å². The SMILES string of the molecule is COc1ccc(S(C)(=O)=O)cc1S(=O)(=O)NC1CC2CCC(C1)N2.Cl. The Kier molecular flexibility index (Phi) is 6.05. The number of halogens is 1. The molecule has 25 heavy (non-hydrogen) atoms. The predicted octanol–water partition coefficient (Wildman–Crippen LogP) is 1.08. The van der Waals surface area contributed by atoms with Crippen molar-refractivity contribution in [2.45, 2.75) is 53.6 Å². The van der Waals surface area contributed by atoms with Crippen molar-refractivity contribution in [3.8, 4) is 5.75 Å². The first-order chi connectivity index (χ1) is 11.2. The number of methoxy groups -OCH3 is 1. The molecule has 0 saturated carbocycles. The predicted molar refractivity (Wildman–Crippen MR) is 96.6 cm³/mol. The lowest BCUT2D eigenvalue weighted by Crippen LogP contribution is -2.47. The molecule has 0 spiro atoms. The van der Waals surface area contributed by atoms with Gasteiger partial charge in [0, 0.05) is 24.4 Å². The Morgan fingerprint density at radius 3 is 2.24 bits per heavy atom. The third kappa shape index (κ3) is 4.46. The lowest BCUT2D eigenvalue weighted by molar-refractivity contribution is 0.344. The number of hydrogen-bond acceptors (Lipinski definition) is 6. The second-order valence-corrected chi connectivity index (χ2v) is 10.2. The Hall–Kier alpha value is -0.870. The van der Waals surface area contributed by atoms with E-state index in [9.17, 15) is 16.8 Å². The van der Waals surface area contributed by atoms with Crippen LogP contribution in [0.4, 0.5) is 0 Å². The van der Waals surface area contributed by atoms with Crippen LogP contribution in [-0.2, 0) is 19.9 Å². The van der Waals surface area contributed by atoms with Crippen LogP contribution in [-0.4, -0.2) is 48.3 Å². The molecule has 2 unspecified atom stereocenters. The minimum atomic E-state index is -3.87. The zero-order chi connectivity index (χ0) is 17.5. The second kappa shape index (κ2) is 7.40. The molecule has 2 heterocycles. The number of sulfonamides is 1. The summed E-state index contributed by atoms with van der Waals surface area (Å²) in [6.07, 6.45) is 4.66. The van der Waals surface area contributed by atoms with Crippen molar-refractivity contribution in [3.05, 3.63) is 18.2 Å². The highest BCUT2D eigenvalue weighted by atomic mass is 35.5. The molecule has 2 aliphatic heterocycles. The third-order valence-electron chi connectivity index (χ3n) is 4.65. The van der Waals surface area contributed by atoms with Crippen LogP contribution in [0.3, 0.4) is 0 Å². The minimum Gasteiger partial charge on any atom is -0.495 e. The lowest BCUT2D eigenvalue weighted by atomic mass is 10.0. The van der Waals surface area contributed by atoms with Crippen molar-refractivity contribution in [3.63, 3.8) is 0 Å². The summed E-state index contributed by atoms with van der Waals surface area (Å²) in [5, 5.41) is 3.46. The minimum absolute atomic E-state index is 0. The topological polar surface area (TPSA) is 102 Å². The van der Waals surface area contributed by atoms with Crippen molar-refractivity contribution in [2.24, 2.45) is 0 Å². The van der Waals surface area contributed by atoms with Crippen LogP contribution in [0.2, 0.25) is 0 Å². The summed E-state index contributed by atoms with van der Waals surface area (Å²) >= 11 is 0. The average Bonchev–Trinajstić information content (AvgIpc) is 2.84. The van der Waals surface area contributed by atoms with Crippen molar-refractivity contribution in [1.29, 1.82) is 0 Å². The van der Waals surface area contributed by atoms with Gasteiger partial charge >= 0.3 is 0 Å². The fraction of sp³-hybridized carbons (Fsp3) is 0.600. The first-order valence-corrected chi connectivity index (χ1v) is 11.2. The molecule has 7 nitrogen and oxygen atoms in total. The van der Waals surface area contributed by atoms with Gasteiger partial charge in [0.05, 0.1) is 12.0 Å². The zero-order valence-corrected chi connectivity index (χ0v) is 16.5. The molecule has 1 aromatic carbocycles. The third-order valence-corrected chi connectivity index (χ3v) is 7.30. The smallest absolute Gasteiger partial charge is 0.244 e. The van der Waals surface area contributed by atoms with Crippen LogP contribution < -0.4 is 14.8 Å². The monoisotopic (exact) mass is 410 g/mol. The van der Waals surface area contributed by atoms with Crippen LogP contribution in [0.25, 0.3) is 0 Å². The van der Waals surface area contributed by atoms with Crippen molar-refractivity contribution >= 4 is 32.3 Å².